The highest BCUT2D eigenvalue weighted by Crippen LogP contribution is 2.33. The van der Waals surface area contributed by atoms with E-state index in [-0.39, 0.29) is 17.1 Å². The third kappa shape index (κ3) is 4.25. The molecular formula is C23H25NO4. The van der Waals surface area contributed by atoms with E-state index in [9.17, 15) is 9.90 Å². The van der Waals surface area contributed by atoms with Gasteiger partial charge in [0.2, 0.25) is 0 Å². The average molecular weight is 379 g/mol. The van der Waals surface area contributed by atoms with Crippen LogP contribution in [0.3, 0.4) is 0 Å². The molecule has 1 aromatic heterocycles. The standard InChI is InChI=1S/C23H25NO4/c1-4-8-27-21-12-16-11-17(14-24-19(16)13-22(21)28-9-5-2)23(26)18-10-15(3)6-7-20(18)25/h6-7,10-14,25H,4-5,8-9H2,1-3H3. The van der Waals surface area contributed by atoms with Crippen LogP contribution in [0, 0.1) is 6.92 Å². The fourth-order valence-corrected chi connectivity index (χ4v) is 2.90. The molecule has 0 spiro atoms. The van der Waals surface area contributed by atoms with E-state index in [0.29, 0.717) is 30.3 Å². The van der Waals surface area contributed by atoms with Crippen molar-refractivity contribution in [1.29, 1.82) is 0 Å². The molecule has 3 rings (SSSR count). The van der Waals surface area contributed by atoms with Crippen molar-refractivity contribution in [3.8, 4) is 17.2 Å². The van der Waals surface area contributed by atoms with Crippen LogP contribution in [-0.2, 0) is 0 Å². The Morgan fingerprint density at radius 2 is 1.68 bits per heavy atom. The molecule has 3 aromatic rings. The molecule has 0 aliphatic rings. The van der Waals surface area contributed by atoms with Crippen molar-refractivity contribution in [1.82, 2.24) is 4.98 Å². The number of hydrogen-bond acceptors (Lipinski definition) is 5. The molecule has 0 amide bonds. The number of rotatable bonds is 8. The lowest BCUT2D eigenvalue weighted by atomic mass is 10.0. The van der Waals surface area contributed by atoms with E-state index < -0.39 is 0 Å². The molecule has 0 aliphatic heterocycles. The molecule has 146 valence electrons. The molecule has 5 nitrogen and oxygen atoms in total. The van der Waals surface area contributed by atoms with Gasteiger partial charge in [0.15, 0.2) is 17.3 Å². The van der Waals surface area contributed by atoms with Gasteiger partial charge in [-0.2, -0.15) is 0 Å². The first-order valence-corrected chi connectivity index (χ1v) is 9.57. The summed E-state index contributed by atoms with van der Waals surface area (Å²) in [6, 6.07) is 10.4. The van der Waals surface area contributed by atoms with Gasteiger partial charge in [0.05, 0.1) is 24.3 Å². The van der Waals surface area contributed by atoms with Gasteiger partial charge in [-0.05, 0) is 44.0 Å². The summed E-state index contributed by atoms with van der Waals surface area (Å²) < 4.78 is 11.6. The van der Waals surface area contributed by atoms with Gasteiger partial charge in [-0.25, -0.2) is 0 Å². The number of hydrogen-bond donors (Lipinski definition) is 1. The second-order valence-corrected chi connectivity index (χ2v) is 6.76. The second-order valence-electron chi connectivity index (χ2n) is 6.76. The summed E-state index contributed by atoms with van der Waals surface area (Å²) in [7, 11) is 0. The molecule has 1 N–H and O–H groups in total. The first-order chi connectivity index (χ1) is 13.5. The number of carbonyl (C=O) groups excluding carboxylic acids is 1. The van der Waals surface area contributed by atoms with Crippen LogP contribution in [0.4, 0.5) is 0 Å². The van der Waals surface area contributed by atoms with Gasteiger partial charge in [-0.1, -0.05) is 25.5 Å². The summed E-state index contributed by atoms with van der Waals surface area (Å²) in [4.78, 5) is 17.3. The quantitative estimate of drug-likeness (QED) is 0.554. The number of aromatic nitrogens is 1. The van der Waals surface area contributed by atoms with Crippen molar-refractivity contribution >= 4 is 16.7 Å². The number of aryl methyl sites for hydroxylation is 1. The number of pyridine rings is 1. The van der Waals surface area contributed by atoms with Crippen molar-refractivity contribution in [2.75, 3.05) is 13.2 Å². The molecule has 0 atom stereocenters. The zero-order valence-corrected chi connectivity index (χ0v) is 16.5. The SMILES string of the molecule is CCCOc1cc2cc(C(=O)c3cc(C)ccc3O)cnc2cc1OCCC. The predicted molar refractivity (Wildman–Crippen MR) is 110 cm³/mol. The number of carbonyl (C=O) groups is 1. The Kier molecular flexibility index (Phi) is 6.14. The Bertz CT molecular complexity index is 997. The van der Waals surface area contributed by atoms with Gasteiger partial charge >= 0.3 is 0 Å². The molecular weight excluding hydrogens is 354 g/mol. The molecule has 0 unspecified atom stereocenters. The summed E-state index contributed by atoms with van der Waals surface area (Å²) in [6.45, 7) is 7.14. The van der Waals surface area contributed by atoms with Crippen molar-refractivity contribution in [3.63, 3.8) is 0 Å². The first kappa shape index (κ1) is 19.7. The Hall–Kier alpha value is -3.08. The van der Waals surface area contributed by atoms with Crippen LogP contribution in [0.25, 0.3) is 10.9 Å². The van der Waals surface area contributed by atoms with E-state index in [1.807, 2.05) is 32.9 Å². The van der Waals surface area contributed by atoms with Crippen LogP contribution in [0.1, 0.15) is 48.2 Å². The van der Waals surface area contributed by atoms with Gasteiger partial charge in [0.1, 0.15) is 5.75 Å². The molecule has 0 saturated carbocycles. The molecule has 0 aliphatic carbocycles. The van der Waals surface area contributed by atoms with E-state index in [1.165, 1.54) is 12.3 Å². The summed E-state index contributed by atoms with van der Waals surface area (Å²) in [5.74, 6) is 1.00. The molecule has 5 heteroatoms. The van der Waals surface area contributed by atoms with Crippen LogP contribution in [0.2, 0.25) is 0 Å². The number of ether oxygens (including phenoxy) is 2. The molecule has 1 heterocycles. The Labute approximate surface area is 164 Å². The maximum absolute atomic E-state index is 12.9. The lowest BCUT2D eigenvalue weighted by molar-refractivity contribution is 0.103. The molecule has 0 saturated heterocycles. The van der Waals surface area contributed by atoms with Gasteiger partial charge in [-0.15, -0.1) is 0 Å². The second kappa shape index (κ2) is 8.74. The Morgan fingerprint density at radius 3 is 2.36 bits per heavy atom. The molecule has 0 fully saturated rings. The van der Waals surface area contributed by atoms with Crippen LogP contribution in [0.15, 0.2) is 42.6 Å². The number of aromatic hydroxyl groups is 1. The third-order valence-electron chi connectivity index (χ3n) is 4.33. The minimum Gasteiger partial charge on any atom is -0.507 e. The highest BCUT2D eigenvalue weighted by Gasteiger charge is 2.16. The monoisotopic (exact) mass is 379 g/mol. The number of ketones is 1. The number of phenols is 1. The zero-order chi connectivity index (χ0) is 20.1. The van der Waals surface area contributed by atoms with Gasteiger partial charge in [-0.3, -0.25) is 9.78 Å². The number of phenolic OH excluding ortho intramolecular Hbond substituents is 1. The number of nitrogens with zero attached hydrogens (tertiary/aromatic N) is 1. The summed E-state index contributed by atoms with van der Waals surface area (Å²) in [6.07, 6.45) is 3.31. The number of fused-ring (bicyclic) bond motifs is 1. The van der Waals surface area contributed by atoms with E-state index in [4.69, 9.17) is 9.47 Å². The minimum absolute atomic E-state index is 0.0361. The molecule has 0 radical (unpaired) electrons. The van der Waals surface area contributed by atoms with E-state index in [1.54, 1.807) is 18.2 Å². The molecule has 0 bridgehead atoms. The molecule has 2 aromatic carbocycles. The highest BCUT2D eigenvalue weighted by molar-refractivity contribution is 6.11. The van der Waals surface area contributed by atoms with Crippen molar-refractivity contribution < 1.29 is 19.4 Å². The third-order valence-corrected chi connectivity index (χ3v) is 4.33. The maximum atomic E-state index is 12.9. The highest BCUT2D eigenvalue weighted by atomic mass is 16.5. The van der Waals surface area contributed by atoms with E-state index in [2.05, 4.69) is 4.98 Å². The predicted octanol–water partition coefficient (Wildman–Crippen LogP) is 5.06. The van der Waals surface area contributed by atoms with Crippen LogP contribution >= 0.6 is 0 Å². The van der Waals surface area contributed by atoms with E-state index >= 15 is 0 Å². The zero-order valence-electron chi connectivity index (χ0n) is 16.5. The summed E-state index contributed by atoms with van der Waals surface area (Å²) in [5, 5.41) is 10.8. The van der Waals surface area contributed by atoms with Gasteiger partial charge < -0.3 is 14.6 Å². The van der Waals surface area contributed by atoms with Crippen LogP contribution < -0.4 is 9.47 Å². The maximum Gasteiger partial charge on any atom is 0.198 e. The lowest BCUT2D eigenvalue weighted by Gasteiger charge is -2.13. The Balaban J connectivity index is 2.02. The minimum atomic E-state index is -0.266. The van der Waals surface area contributed by atoms with Crippen molar-refractivity contribution in [3.05, 3.63) is 59.3 Å². The van der Waals surface area contributed by atoms with Crippen molar-refractivity contribution in [2.45, 2.75) is 33.6 Å². The normalized spacial score (nSPS) is 10.8. The lowest BCUT2D eigenvalue weighted by Crippen LogP contribution is -2.04. The fourth-order valence-electron chi connectivity index (χ4n) is 2.90. The smallest absolute Gasteiger partial charge is 0.198 e. The topological polar surface area (TPSA) is 68.7 Å². The summed E-state index contributed by atoms with van der Waals surface area (Å²) >= 11 is 0. The largest absolute Gasteiger partial charge is 0.507 e. The van der Waals surface area contributed by atoms with Crippen molar-refractivity contribution in [2.24, 2.45) is 0 Å². The first-order valence-electron chi connectivity index (χ1n) is 9.57. The molecule has 28 heavy (non-hydrogen) atoms. The summed E-state index contributed by atoms with van der Waals surface area (Å²) in [5.41, 5.74) is 2.31. The Morgan fingerprint density at radius 1 is 1.00 bits per heavy atom. The van der Waals surface area contributed by atoms with Crippen LogP contribution in [-0.4, -0.2) is 29.1 Å². The fraction of sp³-hybridized carbons (Fsp3) is 0.304. The van der Waals surface area contributed by atoms with Gasteiger partial charge in [0.25, 0.3) is 0 Å². The van der Waals surface area contributed by atoms with Gasteiger partial charge in [0, 0.05) is 23.2 Å². The van der Waals surface area contributed by atoms with E-state index in [0.717, 1.165) is 29.3 Å². The average Bonchev–Trinajstić information content (AvgIpc) is 2.71. The van der Waals surface area contributed by atoms with Crippen LogP contribution in [0.5, 0.6) is 17.2 Å². The number of benzene rings is 2.